The Bertz CT molecular complexity index is 851. The smallest absolute Gasteiger partial charge is 0.343 e. The zero-order valence-electron chi connectivity index (χ0n) is 16.7. The molecule has 0 radical (unpaired) electrons. The Morgan fingerprint density at radius 2 is 2.00 bits per heavy atom. The first-order valence-electron chi connectivity index (χ1n) is 10.4. The Labute approximate surface area is 164 Å². The highest BCUT2D eigenvalue weighted by Crippen LogP contribution is 2.47. The Morgan fingerprint density at radius 3 is 2.68 bits per heavy atom. The minimum Gasteiger partial charge on any atom is -0.487 e. The molecule has 4 aliphatic rings. The van der Waals surface area contributed by atoms with Gasteiger partial charge in [-0.25, -0.2) is 4.79 Å². The molecule has 2 bridgehead atoms. The van der Waals surface area contributed by atoms with Gasteiger partial charge in [-0.1, -0.05) is 13.3 Å². The number of esters is 1. The molecule has 28 heavy (non-hydrogen) atoms. The lowest BCUT2D eigenvalue weighted by atomic mass is 9.69. The first kappa shape index (κ1) is 19.0. The van der Waals surface area contributed by atoms with Gasteiger partial charge in [-0.3, -0.25) is 9.59 Å². The van der Waals surface area contributed by atoms with Gasteiger partial charge >= 0.3 is 5.97 Å². The molecule has 1 aromatic rings. The van der Waals surface area contributed by atoms with E-state index in [4.69, 9.17) is 9.47 Å². The number of rotatable bonds is 6. The number of ether oxygens (including phenoxy) is 2. The molecule has 3 aliphatic heterocycles. The highest BCUT2D eigenvalue weighted by atomic mass is 16.5. The van der Waals surface area contributed by atoms with Gasteiger partial charge in [-0.15, -0.1) is 0 Å². The van der Waals surface area contributed by atoms with Crippen LogP contribution < -0.4 is 10.2 Å². The van der Waals surface area contributed by atoms with Crippen LogP contribution in [-0.2, 0) is 11.3 Å². The monoisotopic (exact) mass is 388 g/mol. The van der Waals surface area contributed by atoms with Crippen molar-refractivity contribution in [2.75, 3.05) is 19.8 Å². The van der Waals surface area contributed by atoms with Crippen molar-refractivity contribution < 1.29 is 19.1 Å². The second-order valence-corrected chi connectivity index (χ2v) is 8.18. The van der Waals surface area contributed by atoms with Gasteiger partial charge in [-0.2, -0.15) is 0 Å². The maximum atomic E-state index is 13.4. The number of piperidine rings is 2. The van der Waals surface area contributed by atoms with Crippen LogP contribution >= 0.6 is 0 Å². The summed E-state index contributed by atoms with van der Waals surface area (Å²) in [5, 5.41) is 0. The molecule has 7 nitrogen and oxygen atoms in total. The molecule has 0 atom stereocenters. The van der Waals surface area contributed by atoms with Crippen LogP contribution in [0.3, 0.4) is 0 Å². The van der Waals surface area contributed by atoms with E-state index >= 15 is 0 Å². The summed E-state index contributed by atoms with van der Waals surface area (Å²) in [5.74, 6) is -0.259. The molecular formula is C21H28N2O5. The van der Waals surface area contributed by atoms with Gasteiger partial charge in [0.15, 0.2) is 11.4 Å². The summed E-state index contributed by atoms with van der Waals surface area (Å²) >= 11 is 0. The maximum absolute atomic E-state index is 13.4. The number of unbranched alkanes of at least 4 members (excludes halogenated alkanes) is 1. The lowest BCUT2D eigenvalue weighted by Crippen LogP contribution is -2.65. The number of carbonyl (C=O) groups excluding carboxylic acids is 2. The van der Waals surface area contributed by atoms with E-state index in [9.17, 15) is 14.4 Å². The molecule has 3 fully saturated rings. The van der Waals surface area contributed by atoms with Gasteiger partial charge in [0, 0.05) is 19.3 Å². The van der Waals surface area contributed by atoms with Crippen LogP contribution in [-0.4, -0.2) is 46.6 Å². The first-order chi connectivity index (χ1) is 13.5. The molecule has 1 spiro atoms. The van der Waals surface area contributed by atoms with Crippen LogP contribution in [0, 0.1) is 5.92 Å². The third-order valence-electron chi connectivity index (χ3n) is 6.44. The van der Waals surface area contributed by atoms with Gasteiger partial charge < -0.3 is 18.9 Å². The van der Waals surface area contributed by atoms with E-state index in [0.29, 0.717) is 19.1 Å². The van der Waals surface area contributed by atoms with Gasteiger partial charge in [0.05, 0.1) is 18.8 Å². The minimum absolute atomic E-state index is 0.000278. The third-order valence-corrected chi connectivity index (χ3v) is 6.44. The van der Waals surface area contributed by atoms with E-state index in [-0.39, 0.29) is 35.1 Å². The summed E-state index contributed by atoms with van der Waals surface area (Å²) in [7, 11) is 0. The van der Waals surface area contributed by atoms with Gasteiger partial charge in [0.2, 0.25) is 5.43 Å². The molecule has 5 rings (SSSR count). The van der Waals surface area contributed by atoms with Crippen LogP contribution in [0.5, 0.6) is 5.75 Å². The SMILES string of the molecule is CCCCOc1c2n(cc(C(=O)OCC)c1=O)CC13CCC(CC1)CN3C2=O. The minimum atomic E-state index is -0.664. The van der Waals surface area contributed by atoms with E-state index in [1.165, 1.54) is 6.20 Å². The zero-order valence-corrected chi connectivity index (χ0v) is 16.7. The fraction of sp³-hybridized carbons (Fsp3) is 0.667. The van der Waals surface area contributed by atoms with E-state index < -0.39 is 11.4 Å². The van der Waals surface area contributed by atoms with Crippen molar-refractivity contribution in [3.05, 3.63) is 27.7 Å². The molecule has 4 heterocycles. The van der Waals surface area contributed by atoms with Crippen molar-refractivity contribution in [3.63, 3.8) is 0 Å². The topological polar surface area (TPSA) is 77.8 Å². The van der Waals surface area contributed by atoms with Crippen LogP contribution in [0.4, 0.5) is 0 Å². The lowest BCUT2D eigenvalue weighted by molar-refractivity contribution is -0.0391. The van der Waals surface area contributed by atoms with Crippen LogP contribution in [0.25, 0.3) is 0 Å². The quantitative estimate of drug-likeness (QED) is 0.553. The highest BCUT2D eigenvalue weighted by Gasteiger charge is 2.52. The number of nitrogens with zero attached hydrogens (tertiary/aromatic N) is 2. The molecule has 0 N–H and O–H groups in total. The van der Waals surface area contributed by atoms with Gasteiger partial charge in [0.25, 0.3) is 5.91 Å². The van der Waals surface area contributed by atoms with Crippen molar-refractivity contribution in [1.82, 2.24) is 9.47 Å². The molecular weight excluding hydrogens is 360 g/mol. The Balaban J connectivity index is 1.82. The summed E-state index contributed by atoms with van der Waals surface area (Å²) in [4.78, 5) is 40.8. The summed E-state index contributed by atoms with van der Waals surface area (Å²) in [5.41, 5.74) is -0.528. The predicted octanol–water partition coefficient (Wildman–Crippen LogP) is 2.60. The zero-order chi connectivity index (χ0) is 19.9. The normalized spacial score (nSPS) is 25.3. The average molecular weight is 388 g/mol. The number of fused-ring (bicyclic) bond motifs is 3. The number of carbonyl (C=O) groups is 2. The molecule has 1 aliphatic carbocycles. The lowest BCUT2D eigenvalue weighted by Gasteiger charge is -2.57. The van der Waals surface area contributed by atoms with Crippen molar-refractivity contribution in [2.24, 2.45) is 5.92 Å². The maximum Gasteiger partial charge on any atom is 0.343 e. The van der Waals surface area contributed by atoms with Crippen LogP contribution in [0.1, 0.15) is 73.2 Å². The highest BCUT2D eigenvalue weighted by molar-refractivity contribution is 5.98. The summed E-state index contributed by atoms with van der Waals surface area (Å²) < 4.78 is 12.6. The first-order valence-corrected chi connectivity index (χ1v) is 10.4. The number of pyridine rings is 1. The van der Waals surface area contributed by atoms with Crippen LogP contribution in [0.2, 0.25) is 0 Å². The number of hydrogen-bond acceptors (Lipinski definition) is 5. The molecule has 1 aromatic heterocycles. The molecule has 0 aromatic carbocycles. The Kier molecular flexibility index (Phi) is 4.93. The Hall–Kier alpha value is -2.31. The van der Waals surface area contributed by atoms with E-state index in [1.54, 1.807) is 11.5 Å². The second kappa shape index (κ2) is 7.26. The van der Waals surface area contributed by atoms with Crippen molar-refractivity contribution in [2.45, 2.75) is 64.5 Å². The molecule has 0 unspecified atom stereocenters. The summed E-state index contributed by atoms with van der Waals surface area (Å²) in [6, 6.07) is 0. The van der Waals surface area contributed by atoms with Crippen LogP contribution in [0.15, 0.2) is 11.0 Å². The number of aromatic nitrogens is 1. The second-order valence-electron chi connectivity index (χ2n) is 8.18. The molecule has 7 heteroatoms. The fourth-order valence-electron chi connectivity index (χ4n) is 4.90. The molecule has 152 valence electrons. The fourth-order valence-corrected chi connectivity index (χ4v) is 4.90. The number of hydrogen-bond donors (Lipinski definition) is 0. The van der Waals surface area contributed by atoms with Gasteiger partial charge in [0.1, 0.15) is 5.56 Å². The van der Waals surface area contributed by atoms with Crippen molar-refractivity contribution >= 4 is 11.9 Å². The third kappa shape index (κ3) is 2.91. The van der Waals surface area contributed by atoms with Crippen molar-refractivity contribution in [1.29, 1.82) is 0 Å². The average Bonchev–Trinajstić information content (AvgIpc) is 2.70. The molecule has 1 saturated carbocycles. The van der Waals surface area contributed by atoms with Crippen molar-refractivity contribution in [3.8, 4) is 5.75 Å². The molecule has 1 amide bonds. The summed E-state index contributed by atoms with van der Waals surface area (Å²) in [6.45, 7) is 5.60. The molecule has 2 saturated heterocycles. The standard InChI is InChI=1S/C21H28N2O5/c1-3-5-10-28-18-16-19(25)23-11-14-6-8-21(23,9-7-14)13-22(16)12-15(17(18)24)20(26)27-4-2/h12,14H,3-11,13H2,1-2H3. The van der Waals surface area contributed by atoms with E-state index in [0.717, 1.165) is 45.1 Å². The van der Waals surface area contributed by atoms with E-state index in [1.807, 2.05) is 11.8 Å². The number of amides is 1. The Morgan fingerprint density at radius 1 is 1.25 bits per heavy atom. The summed E-state index contributed by atoms with van der Waals surface area (Å²) in [6.07, 6.45) is 7.38. The van der Waals surface area contributed by atoms with E-state index in [2.05, 4.69) is 0 Å². The largest absolute Gasteiger partial charge is 0.487 e. The predicted molar refractivity (Wildman–Crippen MR) is 103 cm³/mol. The van der Waals surface area contributed by atoms with Gasteiger partial charge in [-0.05, 0) is 44.9 Å².